The molecule has 2 N–H and O–H groups in total. The van der Waals surface area contributed by atoms with Gasteiger partial charge in [0, 0.05) is 6.42 Å². The van der Waals surface area contributed by atoms with Gasteiger partial charge in [-0.05, 0) is 6.42 Å². The SMILES string of the molecule is CCCC(C(=O)O)C1CC(=O)N1. The van der Waals surface area contributed by atoms with E-state index in [9.17, 15) is 9.59 Å². The van der Waals surface area contributed by atoms with E-state index in [-0.39, 0.29) is 11.9 Å². The quantitative estimate of drug-likeness (QED) is 0.601. The van der Waals surface area contributed by atoms with Crippen molar-refractivity contribution in [1.82, 2.24) is 5.32 Å². The summed E-state index contributed by atoms with van der Waals surface area (Å²) in [5, 5.41) is 11.4. The van der Waals surface area contributed by atoms with Crippen LogP contribution in [0.3, 0.4) is 0 Å². The third-order valence-corrected chi connectivity index (χ3v) is 2.15. The first-order valence-corrected chi connectivity index (χ1v) is 4.17. The number of carboxylic acid groups (broad SMARTS) is 1. The van der Waals surface area contributed by atoms with Gasteiger partial charge in [-0.25, -0.2) is 0 Å². The second-order valence-corrected chi connectivity index (χ2v) is 3.11. The van der Waals surface area contributed by atoms with Gasteiger partial charge in [-0.15, -0.1) is 0 Å². The Hall–Kier alpha value is -1.06. The van der Waals surface area contributed by atoms with Gasteiger partial charge in [0.05, 0.1) is 12.0 Å². The van der Waals surface area contributed by atoms with Crippen molar-refractivity contribution < 1.29 is 14.7 Å². The lowest BCUT2D eigenvalue weighted by atomic mass is 9.88. The lowest BCUT2D eigenvalue weighted by molar-refractivity contribution is -0.145. The van der Waals surface area contributed by atoms with Crippen LogP contribution < -0.4 is 5.32 Å². The summed E-state index contributed by atoms with van der Waals surface area (Å²) in [7, 11) is 0. The Kier molecular flexibility index (Phi) is 2.68. The predicted molar refractivity (Wildman–Crippen MR) is 42.6 cm³/mol. The third-order valence-electron chi connectivity index (χ3n) is 2.15. The predicted octanol–water partition coefficient (Wildman–Crippen LogP) is 0.376. The number of nitrogens with one attached hydrogen (secondary N) is 1. The Morgan fingerprint density at radius 1 is 1.83 bits per heavy atom. The Morgan fingerprint density at radius 3 is 2.75 bits per heavy atom. The maximum Gasteiger partial charge on any atom is 0.308 e. The van der Waals surface area contributed by atoms with Crippen molar-refractivity contribution in [3.05, 3.63) is 0 Å². The van der Waals surface area contributed by atoms with Crippen LogP contribution in [0.4, 0.5) is 0 Å². The van der Waals surface area contributed by atoms with Gasteiger partial charge in [-0.2, -0.15) is 0 Å². The molecular formula is C8H13NO3. The standard InChI is InChI=1S/C8H13NO3/c1-2-3-5(8(11)12)6-4-7(10)9-6/h5-6H,2-4H2,1H3,(H,9,10)(H,11,12). The lowest BCUT2D eigenvalue weighted by Gasteiger charge is -2.31. The smallest absolute Gasteiger partial charge is 0.308 e. The second-order valence-electron chi connectivity index (χ2n) is 3.11. The number of rotatable bonds is 4. The number of carbonyl (C=O) groups excluding carboxylic acids is 1. The molecule has 1 amide bonds. The first-order chi connectivity index (χ1) is 5.65. The van der Waals surface area contributed by atoms with E-state index >= 15 is 0 Å². The zero-order chi connectivity index (χ0) is 9.14. The minimum absolute atomic E-state index is 0.0395. The van der Waals surface area contributed by atoms with Crippen molar-refractivity contribution in [1.29, 1.82) is 0 Å². The Morgan fingerprint density at radius 2 is 2.42 bits per heavy atom. The molecule has 0 aromatic rings. The highest BCUT2D eigenvalue weighted by Crippen LogP contribution is 2.19. The lowest BCUT2D eigenvalue weighted by Crippen LogP contribution is -2.54. The molecule has 0 spiro atoms. The summed E-state index contributed by atoms with van der Waals surface area (Å²) < 4.78 is 0. The molecule has 0 aliphatic carbocycles. The molecule has 1 heterocycles. The minimum Gasteiger partial charge on any atom is -0.481 e. The summed E-state index contributed by atoms with van der Waals surface area (Å²) in [6.45, 7) is 1.94. The van der Waals surface area contributed by atoms with Crippen LogP contribution in [0, 0.1) is 5.92 Å². The maximum atomic E-state index is 10.7. The zero-order valence-corrected chi connectivity index (χ0v) is 7.04. The first kappa shape index (κ1) is 9.03. The molecule has 1 saturated heterocycles. The van der Waals surface area contributed by atoms with Gasteiger partial charge in [-0.1, -0.05) is 13.3 Å². The van der Waals surface area contributed by atoms with Crippen molar-refractivity contribution >= 4 is 11.9 Å². The normalized spacial score (nSPS) is 24.1. The molecular weight excluding hydrogens is 158 g/mol. The van der Waals surface area contributed by atoms with Crippen LogP contribution in [0.1, 0.15) is 26.2 Å². The van der Waals surface area contributed by atoms with E-state index in [1.807, 2.05) is 6.92 Å². The van der Waals surface area contributed by atoms with E-state index in [4.69, 9.17) is 5.11 Å². The maximum absolute atomic E-state index is 10.7. The van der Waals surface area contributed by atoms with Crippen molar-refractivity contribution in [2.75, 3.05) is 0 Å². The molecule has 1 aliphatic heterocycles. The molecule has 1 aliphatic rings. The molecule has 1 fully saturated rings. The summed E-state index contributed by atoms with van der Waals surface area (Å²) in [5.41, 5.74) is 0. The summed E-state index contributed by atoms with van der Waals surface area (Å²) in [5.74, 6) is -1.24. The second kappa shape index (κ2) is 3.56. The molecule has 0 saturated carbocycles. The highest BCUT2D eigenvalue weighted by atomic mass is 16.4. The highest BCUT2D eigenvalue weighted by Gasteiger charge is 2.36. The molecule has 4 nitrogen and oxygen atoms in total. The van der Waals surface area contributed by atoms with Crippen LogP contribution in [0.2, 0.25) is 0 Å². The largest absolute Gasteiger partial charge is 0.481 e. The van der Waals surface area contributed by atoms with Gasteiger partial charge >= 0.3 is 5.97 Å². The van der Waals surface area contributed by atoms with Crippen LogP contribution in [-0.2, 0) is 9.59 Å². The van der Waals surface area contributed by atoms with Crippen LogP contribution in [0.5, 0.6) is 0 Å². The Balaban J connectivity index is 2.43. The van der Waals surface area contributed by atoms with Crippen LogP contribution >= 0.6 is 0 Å². The number of carbonyl (C=O) groups is 2. The molecule has 1 rings (SSSR count). The van der Waals surface area contributed by atoms with Crippen LogP contribution in [0.15, 0.2) is 0 Å². The fourth-order valence-corrected chi connectivity index (χ4v) is 1.44. The Bertz CT molecular complexity index is 194. The number of amides is 1. The average molecular weight is 171 g/mol. The number of aliphatic carboxylic acids is 1. The molecule has 2 atom stereocenters. The number of β-lactam (4-membered cyclic amide) rings is 1. The van der Waals surface area contributed by atoms with E-state index in [1.54, 1.807) is 0 Å². The molecule has 12 heavy (non-hydrogen) atoms. The fraction of sp³-hybridized carbons (Fsp3) is 0.750. The van der Waals surface area contributed by atoms with Crippen molar-refractivity contribution in [2.45, 2.75) is 32.2 Å². The first-order valence-electron chi connectivity index (χ1n) is 4.17. The third kappa shape index (κ3) is 1.75. The van der Waals surface area contributed by atoms with Gasteiger partial charge in [0.2, 0.25) is 5.91 Å². The zero-order valence-electron chi connectivity index (χ0n) is 7.04. The Labute approximate surface area is 71.0 Å². The van der Waals surface area contributed by atoms with Gasteiger partial charge in [0.1, 0.15) is 0 Å². The van der Waals surface area contributed by atoms with Crippen molar-refractivity contribution in [2.24, 2.45) is 5.92 Å². The van der Waals surface area contributed by atoms with E-state index in [1.165, 1.54) is 0 Å². The summed E-state index contributed by atoms with van der Waals surface area (Å²) in [6, 6.07) is -0.130. The molecule has 4 heteroatoms. The van der Waals surface area contributed by atoms with Crippen LogP contribution in [-0.4, -0.2) is 23.0 Å². The number of hydrogen-bond acceptors (Lipinski definition) is 2. The van der Waals surface area contributed by atoms with E-state index in [2.05, 4.69) is 5.32 Å². The molecule has 0 radical (unpaired) electrons. The minimum atomic E-state index is -0.804. The van der Waals surface area contributed by atoms with Crippen LogP contribution in [0.25, 0.3) is 0 Å². The topological polar surface area (TPSA) is 66.4 Å². The highest BCUT2D eigenvalue weighted by molar-refractivity contribution is 5.85. The monoisotopic (exact) mass is 171 g/mol. The molecule has 0 aromatic heterocycles. The summed E-state index contributed by atoms with van der Waals surface area (Å²) in [6.07, 6.45) is 1.85. The molecule has 0 bridgehead atoms. The number of carboxylic acids is 1. The summed E-state index contributed by atoms with van der Waals surface area (Å²) in [4.78, 5) is 21.2. The number of hydrogen-bond donors (Lipinski definition) is 2. The fourth-order valence-electron chi connectivity index (χ4n) is 1.44. The van der Waals surface area contributed by atoms with Gasteiger partial charge < -0.3 is 10.4 Å². The van der Waals surface area contributed by atoms with E-state index < -0.39 is 11.9 Å². The van der Waals surface area contributed by atoms with Gasteiger partial charge in [0.15, 0.2) is 0 Å². The van der Waals surface area contributed by atoms with Crippen molar-refractivity contribution in [3.8, 4) is 0 Å². The van der Waals surface area contributed by atoms with Gasteiger partial charge in [0.25, 0.3) is 0 Å². The van der Waals surface area contributed by atoms with E-state index in [0.717, 1.165) is 6.42 Å². The molecule has 2 unspecified atom stereocenters. The van der Waals surface area contributed by atoms with Crippen molar-refractivity contribution in [3.63, 3.8) is 0 Å². The summed E-state index contributed by atoms with van der Waals surface area (Å²) >= 11 is 0. The molecule has 68 valence electrons. The van der Waals surface area contributed by atoms with E-state index in [0.29, 0.717) is 12.8 Å². The molecule has 0 aromatic carbocycles. The average Bonchev–Trinajstić information content (AvgIpc) is 1.94. The van der Waals surface area contributed by atoms with Gasteiger partial charge in [-0.3, -0.25) is 9.59 Å².